The molecule has 0 radical (unpaired) electrons. The largest absolute Gasteiger partial charge is 0.496 e. The molecule has 0 saturated carbocycles. The lowest BCUT2D eigenvalue weighted by atomic mass is 10.1. The topological polar surface area (TPSA) is 38.3 Å². The van der Waals surface area contributed by atoms with Crippen molar-refractivity contribution >= 4 is 34.7 Å². The number of nitrogens with one attached hydrogen (secondary N) is 1. The van der Waals surface area contributed by atoms with E-state index < -0.39 is 0 Å². The quantitative estimate of drug-likeness (QED) is 0.545. The van der Waals surface area contributed by atoms with E-state index in [0.717, 1.165) is 33.2 Å². The van der Waals surface area contributed by atoms with Crippen LogP contribution in [0.15, 0.2) is 64.2 Å². The van der Waals surface area contributed by atoms with Gasteiger partial charge < -0.3 is 10.1 Å². The second-order valence-corrected chi connectivity index (χ2v) is 7.75. The second-order valence-electron chi connectivity index (χ2n) is 5.96. The predicted molar refractivity (Wildman–Crippen MR) is 110 cm³/mol. The van der Waals surface area contributed by atoms with Crippen LogP contribution in [0.2, 0.25) is 0 Å². The monoisotopic (exact) mass is 383 g/mol. The first-order chi connectivity index (χ1) is 12.7. The summed E-state index contributed by atoms with van der Waals surface area (Å²) in [6.45, 7) is 2.01. The van der Waals surface area contributed by atoms with Gasteiger partial charge in [-0.1, -0.05) is 29.8 Å². The molecule has 1 aromatic heterocycles. The van der Waals surface area contributed by atoms with Gasteiger partial charge in [-0.25, -0.2) is 0 Å². The maximum atomic E-state index is 12.6. The number of hydrogen-bond acceptors (Lipinski definition) is 4. The number of rotatable bonds is 7. The molecule has 0 spiro atoms. The van der Waals surface area contributed by atoms with Crippen LogP contribution in [0.25, 0.3) is 0 Å². The summed E-state index contributed by atoms with van der Waals surface area (Å²) >= 11 is 3.43. The molecule has 5 heteroatoms. The van der Waals surface area contributed by atoms with E-state index in [9.17, 15) is 4.79 Å². The molecule has 134 valence electrons. The Labute approximate surface area is 162 Å². The molecule has 0 bridgehead atoms. The summed E-state index contributed by atoms with van der Waals surface area (Å²) < 4.78 is 5.37. The van der Waals surface area contributed by atoms with Gasteiger partial charge in [-0.05, 0) is 47.5 Å². The van der Waals surface area contributed by atoms with E-state index >= 15 is 0 Å². The van der Waals surface area contributed by atoms with Crippen molar-refractivity contribution < 1.29 is 9.53 Å². The zero-order chi connectivity index (χ0) is 18.4. The van der Waals surface area contributed by atoms with Gasteiger partial charge in [-0.3, -0.25) is 4.79 Å². The number of thiophene rings is 1. The van der Waals surface area contributed by atoms with Crippen LogP contribution in [0.4, 0.5) is 5.69 Å². The molecule has 3 rings (SSSR count). The van der Waals surface area contributed by atoms with Crippen LogP contribution in [-0.4, -0.2) is 13.0 Å². The van der Waals surface area contributed by atoms with Gasteiger partial charge in [0.1, 0.15) is 5.75 Å². The number of ether oxygens (including phenoxy) is 1. The van der Waals surface area contributed by atoms with Crippen molar-refractivity contribution in [1.29, 1.82) is 0 Å². The highest BCUT2D eigenvalue weighted by Crippen LogP contribution is 2.30. The lowest BCUT2D eigenvalue weighted by Gasteiger charge is -2.12. The maximum Gasteiger partial charge on any atom is 0.228 e. The fourth-order valence-electron chi connectivity index (χ4n) is 2.64. The van der Waals surface area contributed by atoms with E-state index in [2.05, 4.69) is 22.1 Å². The first kappa shape index (κ1) is 18.5. The molecule has 26 heavy (non-hydrogen) atoms. The third-order valence-corrected chi connectivity index (χ3v) is 5.80. The lowest BCUT2D eigenvalue weighted by molar-refractivity contribution is -0.115. The average Bonchev–Trinajstić information content (AvgIpc) is 3.15. The van der Waals surface area contributed by atoms with Gasteiger partial charge in [0.25, 0.3) is 0 Å². The molecule has 0 unspecified atom stereocenters. The molecule has 0 saturated heterocycles. The normalized spacial score (nSPS) is 10.5. The Morgan fingerprint density at radius 2 is 2.04 bits per heavy atom. The number of methoxy groups -OCH3 is 1. The Hall–Kier alpha value is -2.24. The van der Waals surface area contributed by atoms with E-state index in [0.29, 0.717) is 0 Å². The van der Waals surface area contributed by atoms with Crippen molar-refractivity contribution in [3.63, 3.8) is 0 Å². The number of hydrogen-bond donors (Lipinski definition) is 1. The van der Waals surface area contributed by atoms with Gasteiger partial charge in [0.15, 0.2) is 0 Å². The highest BCUT2D eigenvalue weighted by Gasteiger charge is 2.11. The highest BCUT2D eigenvalue weighted by atomic mass is 32.2. The smallest absolute Gasteiger partial charge is 0.228 e. The first-order valence-corrected chi connectivity index (χ1v) is 10.2. The third-order valence-electron chi connectivity index (χ3n) is 3.92. The maximum absolute atomic E-state index is 12.6. The summed E-state index contributed by atoms with van der Waals surface area (Å²) in [7, 11) is 1.63. The van der Waals surface area contributed by atoms with Gasteiger partial charge >= 0.3 is 0 Å². The summed E-state index contributed by atoms with van der Waals surface area (Å²) in [6, 6.07) is 15.9. The Kier molecular flexibility index (Phi) is 6.36. The molecule has 0 fully saturated rings. The average molecular weight is 384 g/mol. The standard InChI is InChI=1S/C21H21NO2S2/c1-15-7-8-19(24-2)17(11-15)12-21(23)22-18-5-3-4-6-20(18)26-14-16-9-10-25-13-16/h3-11,13H,12,14H2,1-2H3,(H,22,23). The predicted octanol–water partition coefficient (Wildman–Crippen LogP) is 5.54. The van der Waals surface area contributed by atoms with E-state index in [4.69, 9.17) is 4.74 Å². The molecule has 0 aliphatic carbocycles. The number of carbonyl (C=O) groups excluding carboxylic acids is 1. The van der Waals surface area contributed by atoms with E-state index in [1.54, 1.807) is 30.2 Å². The number of thioether (sulfide) groups is 1. The molecule has 1 N–H and O–H groups in total. The van der Waals surface area contributed by atoms with Crippen LogP contribution in [0.1, 0.15) is 16.7 Å². The second kappa shape index (κ2) is 8.92. The molecule has 3 nitrogen and oxygen atoms in total. The molecule has 1 heterocycles. The molecule has 3 aromatic rings. The molecule has 0 aliphatic rings. The molecule has 0 aliphatic heterocycles. The fourth-order valence-corrected chi connectivity index (χ4v) is 4.37. The van der Waals surface area contributed by atoms with Crippen molar-refractivity contribution in [3.8, 4) is 5.75 Å². The van der Waals surface area contributed by atoms with Crippen molar-refractivity contribution in [3.05, 3.63) is 76.0 Å². The van der Waals surface area contributed by atoms with Crippen molar-refractivity contribution in [1.82, 2.24) is 0 Å². The molecule has 0 atom stereocenters. The van der Waals surface area contributed by atoms with Crippen molar-refractivity contribution in [2.24, 2.45) is 0 Å². The number of anilines is 1. The Morgan fingerprint density at radius 1 is 1.19 bits per heavy atom. The Morgan fingerprint density at radius 3 is 2.81 bits per heavy atom. The van der Waals surface area contributed by atoms with E-state index in [-0.39, 0.29) is 12.3 Å². The van der Waals surface area contributed by atoms with Gasteiger partial charge in [-0.2, -0.15) is 11.3 Å². The molecule has 2 aromatic carbocycles. The van der Waals surface area contributed by atoms with Gasteiger partial charge in [0.05, 0.1) is 19.2 Å². The third kappa shape index (κ3) is 4.90. The fraction of sp³-hybridized carbons (Fsp3) is 0.190. The zero-order valence-corrected chi connectivity index (χ0v) is 16.5. The zero-order valence-electron chi connectivity index (χ0n) is 14.8. The Balaban J connectivity index is 1.68. The van der Waals surface area contributed by atoms with Crippen LogP contribution in [0, 0.1) is 6.92 Å². The number of aryl methyl sites for hydroxylation is 1. The summed E-state index contributed by atoms with van der Waals surface area (Å²) in [5.41, 5.74) is 4.16. The van der Waals surface area contributed by atoms with E-state index in [1.165, 1.54) is 5.56 Å². The van der Waals surface area contributed by atoms with Crippen LogP contribution in [-0.2, 0) is 17.0 Å². The molecular formula is C21H21NO2S2. The summed E-state index contributed by atoms with van der Waals surface area (Å²) in [6.07, 6.45) is 0.286. The lowest BCUT2D eigenvalue weighted by Crippen LogP contribution is -2.15. The van der Waals surface area contributed by atoms with Crippen LogP contribution < -0.4 is 10.1 Å². The highest BCUT2D eigenvalue weighted by molar-refractivity contribution is 7.98. The number of para-hydroxylation sites is 1. The summed E-state index contributed by atoms with van der Waals surface area (Å²) in [4.78, 5) is 13.6. The minimum Gasteiger partial charge on any atom is -0.496 e. The van der Waals surface area contributed by atoms with Crippen LogP contribution >= 0.6 is 23.1 Å². The van der Waals surface area contributed by atoms with Crippen molar-refractivity contribution in [2.45, 2.75) is 24.0 Å². The number of benzene rings is 2. The van der Waals surface area contributed by atoms with Gasteiger partial charge in [0, 0.05) is 16.2 Å². The van der Waals surface area contributed by atoms with Crippen molar-refractivity contribution in [2.75, 3.05) is 12.4 Å². The van der Waals surface area contributed by atoms with E-state index in [1.807, 2.05) is 49.4 Å². The first-order valence-electron chi connectivity index (χ1n) is 8.32. The van der Waals surface area contributed by atoms with Crippen LogP contribution in [0.5, 0.6) is 5.75 Å². The minimum atomic E-state index is -0.0440. The molecule has 1 amide bonds. The van der Waals surface area contributed by atoms with Crippen LogP contribution in [0.3, 0.4) is 0 Å². The number of amides is 1. The molecular weight excluding hydrogens is 362 g/mol. The number of carbonyl (C=O) groups is 1. The summed E-state index contributed by atoms with van der Waals surface area (Å²) in [5.74, 6) is 1.59. The Bertz CT molecular complexity index is 875. The SMILES string of the molecule is COc1ccc(C)cc1CC(=O)Nc1ccccc1SCc1ccsc1. The minimum absolute atomic E-state index is 0.0440. The summed E-state index contributed by atoms with van der Waals surface area (Å²) in [5, 5.41) is 7.28. The van der Waals surface area contributed by atoms with Gasteiger partial charge in [-0.15, -0.1) is 11.8 Å². The van der Waals surface area contributed by atoms with Gasteiger partial charge in [0.2, 0.25) is 5.91 Å².